The van der Waals surface area contributed by atoms with Crippen LogP contribution in [0.3, 0.4) is 0 Å². The average Bonchev–Trinajstić information content (AvgIpc) is 3.06. The molecule has 2 atom stereocenters. The van der Waals surface area contributed by atoms with Gasteiger partial charge in [-0.25, -0.2) is 8.42 Å². The van der Waals surface area contributed by atoms with Gasteiger partial charge in [0.05, 0.1) is 19.7 Å². The van der Waals surface area contributed by atoms with Gasteiger partial charge in [-0.15, -0.1) is 10.2 Å². The van der Waals surface area contributed by atoms with E-state index in [-0.39, 0.29) is 11.7 Å². The quantitative estimate of drug-likeness (QED) is 0.678. The van der Waals surface area contributed by atoms with Crippen LogP contribution < -0.4 is 5.73 Å². The average molecular weight is 394 g/mol. The molecule has 0 spiro atoms. The van der Waals surface area contributed by atoms with Gasteiger partial charge in [0.2, 0.25) is 9.84 Å². The first kappa shape index (κ1) is 21.0. The number of hydrogen-bond donors (Lipinski definition) is 1. The van der Waals surface area contributed by atoms with E-state index in [2.05, 4.69) is 14.9 Å². The van der Waals surface area contributed by atoms with Gasteiger partial charge in [0.1, 0.15) is 0 Å². The Morgan fingerprint density at radius 3 is 2.44 bits per heavy atom. The summed E-state index contributed by atoms with van der Waals surface area (Å²) in [5, 5.41) is 6.25. The molecule has 0 aliphatic heterocycles. The topological polar surface area (TPSA) is 117 Å². The van der Waals surface area contributed by atoms with Crippen molar-refractivity contribution in [2.24, 2.45) is 5.73 Å². The SMILES string of the molecule is CCCC(N)c1nnc(S(=O)(=O)C(C)C(=O)OC)n1Cc1ccc(C)cc1. The van der Waals surface area contributed by atoms with E-state index in [1.54, 1.807) is 0 Å². The van der Waals surface area contributed by atoms with Crippen LogP contribution in [-0.4, -0.2) is 41.5 Å². The zero-order valence-corrected chi connectivity index (χ0v) is 16.9. The monoisotopic (exact) mass is 394 g/mol. The maximum Gasteiger partial charge on any atom is 0.324 e. The van der Waals surface area contributed by atoms with Crippen LogP contribution in [0.2, 0.25) is 0 Å². The molecule has 2 unspecified atom stereocenters. The molecule has 0 saturated carbocycles. The van der Waals surface area contributed by atoms with Gasteiger partial charge in [0, 0.05) is 0 Å². The van der Waals surface area contributed by atoms with E-state index in [1.807, 2.05) is 38.1 Å². The molecule has 1 aromatic carbocycles. The molecule has 1 aromatic heterocycles. The van der Waals surface area contributed by atoms with Gasteiger partial charge in [-0.3, -0.25) is 9.36 Å². The third-order valence-corrected chi connectivity index (χ3v) is 6.33. The molecule has 0 aliphatic carbocycles. The van der Waals surface area contributed by atoms with Crippen molar-refractivity contribution < 1.29 is 17.9 Å². The molecule has 9 heteroatoms. The molecule has 0 aliphatic rings. The third kappa shape index (κ3) is 4.54. The largest absolute Gasteiger partial charge is 0.468 e. The summed E-state index contributed by atoms with van der Waals surface area (Å²) in [5.41, 5.74) is 8.17. The Balaban J connectivity index is 2.54. The van der Waals surface area contributed by atoms with Crippen LogP contribution in [0.4, 0.5) is 0 Å². The van der Waals surface area contributed by atoms with Crippen LogP contribution >= 0.6 is 0 Å². The number of nitrogens with two attached hydrogens (primary N) is 1. The summed E-state index contributed by atoms with van der Waals surface area (Å²) >= 11 is 0. The zero-order chi connectivity index (χ0) is 20.2. The molecular weight excluding hydrogens is 368 g/mol. The molecule has 0 bridgehead atoms. The lowest BCUT2D eigenvalue weighted by Crippen LogP contribution is -2.31. The number of hydrogen-bond acceptors (Lipinski definition) is 7. The minimum absolute atomic E-state index is 0.239. The second-order valence-electron chi connectivity index (χ2n) is 6.52. The summed E-state index contributed by atoms with van der Waals surface area (Å²) in [6.07, 6.45) is 1.46. The second kappa shape index (κ2) is 8.62. The van der Waals surface area contributed by atoms with E-state index in [0.29, 0.717) is 12.2 Å². The van der Waals surface area contributed by atoms with Crippen molar-refractivity contribution >= 4 is 15.8 Å². The number of sulfone groups is 1. The van der Waals surface area contributed by atoms with E-state index in [9.17, 15) is 13.2 Å². The van der Waals surface area contributed by atoms with Gasteiger partial charge in [0.25, 0.3) is 5.16 Å². The summed E-state index contributed by atoms with van der Waals surface area (Å²) in [7, 11) is -2.93. The molecule has 0 fully saturated rings. The van der Waals surface area contributed by atoms with Crippen molar-refractivity contribution in [3.63, 3.8) is 0 Å². The van der Waals surface area contributed by atoms with Crippen molar-refractivity contribution in [3.05, 3.63) is 41.2 Å². The molecule has 148 valence electrons. The first-order valence-corrected chi connectivity index (χ1v) is 10.3. The van der Waals surface area contributed by atoms with E-state index < -0.39 is 27.1 Å². The minimum Gasteiger partial charge on any atom is -0.468 e. The van der Waals surface area contributed by atoms with Gasteiger partial charge in [-0.05, 0) is 25.8 Å². The van der Waals surface area contributed by atoms with Crippen LogP contribution in [-0.2, 0) is 25.9 Å². The number of nitrogens with zero attached hydrogens (tertiary/aromatic N) is 3. The molecule has 0 amide bonds. The van der Waals surface area contributed by atoms with Crippen LogP contribution in [0.15, 0.2) is 29.4 Å². The summed E-state index contributed by atoms with van der Waals surface area (Å²) in [6, 6.07) is 7.24. The Morgan fingerprint density at radius 2 is 1.89 bits per heavy atom. The highest BCUT2D eigenvalue weighted by Crippen LogP contribution is 2.22. The first-order chi connectivity index (χ1) is 12.7. The molecule has 0 radical (unpaired) electrons. The van der Waals surface area contributed by atoms with E-state index >= 15 is 0 Å². The fraction of sp³-hybridized carbons (Fsp3) is 0.500. The molecule has 8 nitrogen and oxygen atoms in total. The fourth-order valence-corrected chi connectivity index (χ4v) is 3.99. The number of carbonyl (C=O) groups is 1. The third-order valence-electron chi connectivity index (χ3n) is 4.39. The van der Waals surface area contributed by atoms with Crippen molar-refractivity contribution in [3.8, 4) is 0 Å². The van der Waals surface area contributed by atoms with Gasteiger partial charge < -0.3 is 10.5 Å². The van der Waals surface area contributed by atoms with Gasteiger partial charge in [-0.1, -0.05) is 43.2 Å². The lowest BCUT2D eigenvalue weighted by atomic mass is 10.1. The predicted octanol–water partition coefficient (Wildman–Crippen LogP) is 1.77. The van der Waals surface area contributed by atoms with Gasteiger partial charge in [0.15, 0.2) is 11.1 Å². The minimum atomic E-state index is -4.08. The smallest absolute Gasteiger partial charge is 0.324 e. The maximum atomic E-state index is 12.9. The molecule has 1 heterocycles. The van der Waals surface area contributed by atoms with Crippen LogP contribution in [0.25, 0.3) is 0 Å². The van der Waals surface area contributed by atoms with E-state index in [1.165, 1.54) is 11.5 Å². The summed E-state index contributed by atoms with van der Waals surface area (Å²) in [5.74, 6) is -0.465. The number of benzene rings is 1. The highest BCUT2D eigenvalue weighted by atomic mass is 32.2. The van der Waals surface area contributed by atoms with Crippen molar-refractivity contribution in [2.75, 3.05) is 7.11 Å². The summed E-state index contributed by atoms with van der Waals surface area (Å²) < 4.78 is 31.9. The standard InChI is InChI=1S/C18H26N4O4S/c1-5-6-15(19)16-20-21-18(27(24,25)13(3)17(23)26-4)22(16)11-14-9-7-12(2)8-10-14/h7-10,13,15H,5-6,11,19H2,1-4H3. The number of carbonyl (C=O) groups excluding carboxylic acids is 1. The molecule has 0 saturated heterocycles. The number of aryl methyl sites for hydroxylation is 1. The second-order valence-corrected chi connectivity index (χ2v) is 8.68. The highest BCUT2D eigenvalue weighted by molar-refractivity contribution is 7.92. The number of esters is 1. The van der Waals surface area contributed by atoms with Crippen LogP contribution in [0.1, 0.15) is 49.7 Å². The number of methoxy groups -OCH3 is 1. The number of aromatic nitrogens is 3. The van der Waals surface area contributed by atoms with E-state index in [0.717, 1.165) is 24.7 Å². The lowest BCUT2D eigenvalue weighted by Gasteiger charge is -2.16. The predicted molar refractivity (Wildman–Crippen MR) is 101 cm³/mol. The zero-order valence-electron chi connectivity index (χ0n) is 16.0. The first-order valence-electron chi connectivity index (χ1n) is 8.78. The Kier molecular flexibility index (Phi) is 6.72. The molecule has 2 N–H and O–H groups in total. The Hall–Kier alpha value is -2.26. The Bertz CT molecular complexity index is 891. The summed E-state index contributed by atoms with van der Waals surface area (Å²) in [4.78, 5) is 11.8. The van der Waals surface area contributed by atoms with Crippen molar-refractivity contribution in [1.82, 2.24) is 14.8 Å². The van der Waals surface area contributed by atoms with Crippen LogP contribution in [0.5, 0.6) is 0 Å². The molecule has 2 aromatic rings. The molecule has 27 heavy (non-hydrogen) atoms. The van der Waals surface area contributed by atoms with Crippen molar-refractivity contribution in [1.29, 1.82) is 0 Å². The fourth-order valence-electron chi connectivity index (χ4n) is 2.70. The molecular formula is C18H26N4O4S. The maximum absolute atomic E-state index is 12.9. The Morgan fingerprint density at radius 1 is 1.26 bits per heavy atom. The number of ether oxygens (including phenoxy) is 1. The Labute approximate surface area is 159 Å². The van der Waals surface area contributed by atoms with Crippen molar-refractivity contribution in [2.45, 2.75) is 56.6 Å². The van der Waals surface area contributed by atoms with Gasteiger partial charge >= 0.3 is 5.97 Å². The van der Waals surface area contributed by atoms with Gasteiger partial charge in [-0.2, -0.15) is 0 Å². The summed E-state index contributed by atoms with van der Waals surface area (Å²) in [6.45, 7) is 5.47. The highest BCUT2D eigenvalue weighted by Gasteiger charge is 2.36. The van der Waals surface area contributed by atoms with Crippen LogP contribution in [0, 0.1) is 6.92 Å². The normalized spacial score (nSPS) is 14.0. The lowest BCUT2D eigenvalue weighted by molar-refractivity contribution is -0.139. The molecule has 2 rings (SSSR count). The number of rotatable bonds is 8. The van der Waals surface area contributed by atoms with E-state index in [4.69, 9.17) is 5.73 Å².